The van der Waals surface area contributed by atoms with E-state index < -0.39 is 5.60 Å². The second-order valence-corrected chi connectivity index (χ2v) is 12.6. The molecular formula is C30H45N3O3. The second kappa shape index (κ2) is 10.5. The maximum atomic E-state index is 13.8. The molecule has 6 nitrogen and oxygen atoms in total. The van der Waals surface area contributed by atoms with Gasteiger partial charge >= 0.3 is 6.09 Å². The van der Waals surface area contributed by atoms with Crippen molar-refractivity contribution in [2.75, 3.05) is 20.1 Å². The van der Waals surface area contributed by atoms with Crippen molar-refractivity contribution >= 4 is 22.9 Å². The van der Waals surface area contributed by atoms with Crippen molar-refractivity contribution in [1.29, 1.82) is 0 Å². The molecule has 198 valence electrons. The SMILES string of the molecule is Cc1ccc2c3c([nH]c2c1)C(CC(C)C)N(C(=O)C1CCC(CN(C)C(=O)OC(C)(C)C)CC1)CC3. The standard InChI is InChI=1S/C30H45N3O3/c1-19(2)16-26-27-24(23-13-8-20(3)17-25(23)31-27)14-15-33(26)28(34)22-11-9-21(10-12-22)18-32(7)29(35)36-30(4,5)6/h8,13,17,19,21-22,26,31H,9-12,14-16,18H2,1-7H3. The Morgan fingerprint density at radius 3 is 2.50 bits per heavy atom. The molecule has 2 aromatic rings. The van der Waals surface area contributed by atoms with Crippen LogP contribution in [0.25, 0.3) is 10.9 Å². The molecule has 1 fully saturated rings. The van der Waals surface area contributed by atoms with E-state index in [0.29, 0.717) is 24.3 Å². The summed E-state index contributed by atoms with van der Waals surface area (Å²) in [5.41, 5.74) is 4.60. The van der Waals surface area contributed by atoms with Crippen molar-refractivity contribution in [3.8, 4) is 0 Å². The van der Waals surface area contributed by atoms with E-state index in [9.17, 15) is 9.59 Å². The van der Waals surface area contributed by atoms with Crippen LogP contribution in [0.1, 0.15) is 89.6 Å². The third-order valence-electron chi connectivity index (χ3n) is 7.82. The number of aromatic amines is 1. The zero-order valence-corrected chi connectivity index (χ0v) is 23.3. The highest BCUT2D eigenvalue weighted by Gasteiger charge is 2.38. The number of amides is 2. The van der Waals surface area contributed by atoms with Gasteiger partial charge in [-0.3, -0.25) is 4.79 Å². The fourth-order valence-electron chi connectivity index (χ4n) is 6.07. The van der Waals surface area contributed by atoms with Crippen LogP contribution in [0.15, 0.2) is 18.2 Å². The van der Waals surface area contributed by atoms with Gasteiger partial charge in [-0.2, -0.15) is 0 Å². The Morgan fingerprint density at radius 1 is 1.17 bits per heavy atom. The summed E-state index contributed by atoms with van der Waals surface area (Å²) >= 11 is 0. The summed E-state index contributed by atoms with van der Waals surface area (Å²) in [6.07, 6.45) is 5.36. The number of H-pyrrole nitrogens is 1. The number of aryl methyl sites for hydroxylation is 1. The molecule has 0 radical (unpaired) electrons. The quantitative estimate of drug-likeness (QED) is 0.507. The average Bonchev–Trinajstić information content (AvgIpc) is 3.16. The molecule has 1 N–H and O–H groups in total. The molecule has 2 heterocycles. The van der Waals surface area contributed by atoms with Gasteiger partial charge in [0.2, 0.25) is 5.91 Å². The van der Waals surface area contributed by atoms with Crippen molar-refractivity contribution in [3.63, 3.8) is 0 Å². The highest BCUT2D eigenvalue weighted by Crippen LogP contribution is 2.40. The fraction of sp³-hybridized carbons (Fsp3) is 0.667. The van der Waals surface area contributed by atoms with Crippen molar-refractivity contribution in [2.24, 2.45) is 17.8 Å². The smallest absolute Gasteiger partial charge is 0.410 e. The van der Waals surface area contributed by atoms with Crippen LogP contribution < -0.4 is 0 Å². The average molecular weight is 496 g/mol. The van der Waals surface area contributed by atoms with Crippen LogP contribution in [-0.2, 0) is 16.0 Å². The van der Waals surface area contributed by atoms with E-state index in [-0.39, 0.29) is 18.1 Å². The molecule has 1 unspecified atom stereocenters. The van der Waals surface area contributed by atoms with Crippen molar-refractivity contribution in [3.05, 3.63) is 35.0 Å². The molecule has 0 saturated heterocycles. The van der Waals surface area contributed by atoms with Gasteiger partial charge < -0.3 is 19.5 Å². The molecule has 6 heteroatoms. The minimum Gasteiger partial charge on any atom is -0.444 e. The van der Waals surface area contributed by atoms with E-state index in [1.54, 1.807) is 4.90 Å². The molecule has 1 aromatic heterocycles. The fourth-order valence-corrected chi connectivity index (χ4v) is 6.07. The van der Waals surface area contributed by atoms with Crippen LogP contribution in [0.2, 0.25) is 0 Å². The zero-order chi connectivity index (χ0) is 26.2. The number of hydrogen-bond donors (Lipinski definition) is 1. The van der Waals surface area contributed by atoms with E-state index in [2.05, 4.69) is 48.9 Å². The first-order valence-corrected chi connectivity index (χ1v) is 13.8. The molecule has 1 atom stereocenters. The third-order valence-corrected chi connectivity index (χ3v) is 7.82. The van der Waals surface area contributed by atoms with Gasteiger partial charge in [-0.05, 0) is 95.2 Å². The normalized spacial score (nSPS) is 22.6. The van der Waals surface area contributed by atoms with Gasteiger partial charge in [0, 0.05) is 42.7 Å². The van der Waals surface area contributed by atoms with Gasteiger partial charge in [-0.1, -0.05) is 26.0 Å². The Kier molecular flexibility index (Phi) is 7.72. The number of ether oxygens (including phenoxy) is 1. The Bertz CT molecular complexity index is 1090. The highest BCUT2D eigenvalue weighted by atomic mass is 16.6. The number of hydrogen-bond acceptors (Lipinski definition) is 3. The molecule has 0 bridgehead atoms. The lowest BCUT2D eigenvalue weighted by Gasteiger charge is -2.40. The number of aromatic nitrogens is 1. The summed E-state index contributed by atoms with van der Waals surface area (Å²) in [5, 5.41) is 1.31. The number of nitrogens with zero attached hydrogens (tertiary/aromatic N) is 2. The lowest BCUT2D eigenvalue weighted by molar-refractivity contribution is -0.140. The van der Waals surface area contributed by atoms with E-state index in [1.807, 2.05) is 27.8 Å². The first-order chi connectivity index (χ1) is 16.9. The second-order valence-electron chi connectivity index (χ2n) is 12.6. The van der Waals surface area contributed by atoms with Gasteiger partial charge in [0.05, 0.1) is 6.04 Å². The minimum atomic E-state index is -0.486. The van der Waals surface area contributed by atoms with E-state index >= 15 is 0 Å². The molecular weight excluding hydrogens is 450 g/mol. The lowest BCUT2D eigenvalue weighted by Crippen LogP contribution is -2.45. The lowest BCUT2D eigenvalue weighted by atomic mass is 9.80. The maximum absolute atomic E-state index is 13.8. The number of nitrogens with one attached hydrogen (secondary N) is 1. The summed E-state index contributed by atoms with van der Waals surface area (Å²) in [7, 11) is 1.81. The number of fused-ring (bicyclic) bond motifs is 3. The first kappa shape index (κ1) is 26.6. The Hall–Kier alpha value is -2.50. The van der Waals surface area contributed by atoms with E-state index in [0.717, 1.165) is 45.1 Å². The molecule has 1 aromatic carbocycles. The number of carbonyl (C=O) groups excluding carboxylic acids is 2. The predicted molar refractivity (Wildman–Crippen MR) is 145 cm³/mol. The van der Waals surface area contributed by atoms with Gasteiger partial charge in [0.1, 0.15) is 5.60 Å². The maximum Gasteiger partial charge on any atom is 0.410 e. The van der Waals surface area contributed by atoms with Gasteiger partial charge in [-0.15, -0.1) is 0 Å². The van der Waals surface area contributed by atoms with E-state index in [4.69, 9.17) is 4.74 Å². The largest absolute Gasteiger partial charge is 0.444 e. The van der Waals surface area contributed by atoms with Crippen molar-refractivity contribution in [1.82, 2.24) is 14.8 Å². The highest BCUT2D eigenvalue weighted by molar-refractivity contribution is 5.87. The Labute approximate surface area is 216 Å². The number of rotatable bonds is 5. The summed E-state index contributed by atoms with van der Waals surface area (Å²) < 4.78 is 5.50. The van der Waals surface area contributed by atoms with Gasteiger partial charge in [0.25, 0.3) is 0 Å². The third kappa shape index (κ3) is 5.90. The van der Waals surface area contributed by atoms with Gasteiger partial charge in [0.15, 0.2) is 0 Å². The summed E-state index contributed by atoms with van der Waals surface area (Å²) in [6.45, 7) is 13.8. The molecule has 0 spiro atoms. The molecule has 4 rings (SSSR count). The topological polar surface area (TPSA) is 65.6 Å². The zero-order valence-electron chi connectivity index (χ0n) is 23.3. The van der Waals surface area contributed by atoms with Gasteiger partial charge in [-0.25, -0.2) is 4.79 Å². The Balaban J connectivity index is 1.42. The van der Waals surface area contributed by atoms with Crippen molar-refractivity contribution in [2.45, 2.75) is 91.7 Å². The summed E-state index contributed by atoms with van der Waals surface area (Å²) in [6, 6.07) is 6.76. The van der Waals surface area contributed by atoms with Crippen LogP contribution in [0.3, 0.4) is 0 Å². The molecule has 2 aliphatic rings. The van der Waals surface area contributed by atoms with Crippen LogP contribution in [0, 0.1) is 24.7 Å². The van der Waals surface area contributed by atoms with Crippen LogP contribution in [0.4, 0.5) is 4.79 Å². The molecule has 1 saturated carbocycles. The number of benzene rings is 1. The monoisotopic (exact) mass is 495 g/mol. The molecule has 1 aliphatic carbocycles. The molecule has 2 amide bonds. The van der Waals surface area contributed by atoms with Crippen LogP contribution >= 0.6 is 0 Å². The van der Waals surface area contributed by atoms with E-state index in [1.165, 1.54) is 27.7 Å². The number of carbonyl (C=O) groups is 2. The summed E-state index contributed by atoms with van der Waals surface area (Å²) in [5.74, 6) is 1.32. The Morgan fingerprint density at radius 2 is 1.86 bits per heavy atom. The minimum absolute atomic E-state index is 0.0796. The van der Waals surface area contributed by atoms with Crippen LogP contribution in [0.5, 0.6) is 0 Å². The van der Waals surface area contributed by atoms with Crippen LogP contribution in [-0.4, -0.2) is 52.5 Å². The predicted octanol–water partition coefficient (Wildman–Crippen LogP) is 6.62. The first-order valence-electron chi connectivity index (χ1n) is 13.8. The molecule has 36 heavy (non-hydrogen) atoms. The molecule has 1 aliphatic heterocycles. The summed E-state index contributed by atoms with van der Waals surface area (Å²) in [4.78, 5) is 33.8. The van der Waals surface area contributed by atoms with Crippen molar-refractivity contribution < 1.29 is 14.3 Å².